The molecule has 0 amide bonds. The Morgan fingerprint density at radius 1 is 1.33 bits per heavy atom. The van der Waals surface area contributed by atoms with Gasteiger partial charge in [0.05, 0.1) is 12.7 Å². The maximum atomic E-state index is 5.40. The molecule has 12 heavy (non-hydrogen) atoms. The van der Waals surface area contributed by atoms with E-state index in [0.717, 1.165) is 6.61 Å². The third-order valence-electron chi connectivity index (χ3n) is 2.59. The van der Waals surface area contributed by atoms with E-state index in [-0.39, 0.29) is 0 Å². The molecule has 1 aliphatic heterocycles. The van der Waals surface area contributed by atoms with Crippen LogP contribution in [0.3, 0.4) is 0 Å². The summed E-state index contributed by atoms with van der Waals surface area (Å²) in [5.41, 5.74) is 0. The highest BCUT2D eigenvalue weighted by Gasteiger charge is 2.21. The maximum absolute atomic E-state index is 5.40. The van der Waals surface area contributed by atoms with Gasteiger partial charge < -0.3 is 9.47 Å². The molecule has 1 saturated heterocycles. The summed E-state index contributed by atoms with van der Waals surface area (Å²) in [5, 5.41) is 0. The zero-order valence-corrected chi connectivity index (χ0v) is 8.21. The lowest BCUT2D eigenvalue weighted by atomic mass is 9.97. The lowest BCUT2D eigenvalue weighted by Gasteiger charge is -2.28. The Labute approximate surface area is 75.2 Å². The molecule has 0 radical (unpaired) electrons. The summed E-state index contributed by atoms with van der Waals surface area (Å²) >= 11 is 0. The second-order valence-electron chi connectivity index (χ2n) is 3.62. The van der Waals surface area contributed by atoms with Gasteiger partial charge in [-0.3, -0.25) is 0 Å². The Bertz CT molecular complexity index is 114. The topological polar surface area (TPSA) is 18.5 Å². The number of rotatable bonds is 4. The van der Waals surface area contributed by atoms with Gasteiger partial charge in [-0.05, 0) is 13.3 Å². The van der Waals surface area contributed by atoms with Crippen molar-refractivity contribution in [1.82, 2.24) is 0 Å². The largest absolute Gasteiger partial charge is 0.355 e. The Hall–Kier alpha value is -0.0800. The van der Waals surface area contributed by atoms with E-state index in [2.05, 4.69) is 13.8 Å². The fraction of sp³-hybridized carbons (Fsp3) is 1.00. The van der Waals surface area contributed by atoms with Crippen molar-refractivity contribution in [2.75, 3.05) is 13.4 Å². The minimum absolute atomic E-state index is 0.399. The standard InChI is InChI=1S/C10H20O2/c1-3-4-5-6-10-7-11-8-12-9(10)2/h9-10H,3-8H2,1-2H3. The predicted molar refractivity (Wildman–Crippen MR) is 49.0 cm³/mol. The molecule has 0 aromatic heterocycles. The molecule has 2 atom stereocenters. The predicted octanol–water partition coefficient (Wildman–Crippen LogP) is 2.58. The molecule has 2 heteroatoms. The molecule has 0 bridgehead atoms. The average Bonchev–Trinajstić information content (AvgIpc) is 2.09. The Balaban J connectivity index is 2.11. The first-order chi connectivity index (χ1) is 5.84. The molecule has 1 aliphatic rings. The van der Waals surface area contributed by atoms with Gasteiger partial charge in [0.25, 0.3) is 0 Å². The molecule has 0 aromatic rings. The van der Waals surface area contributed by atoms with E-state index in [0.29, 0.717) is 18.8 Å². The van der Waals surface area contributed by atoms with Gasteiger partial charge in [0.2, 0.25) is 0 Å². The maximum Gasteiger partial charge on any atom is 0.147 e. The number of ether oxygens (including phenoxy) is 2. The Kier molecular flexibility index (Phi) is 4.62. The van der Waals surface area contributed by atoms with Gasteiger partial charge in [-0.15, -0.1) is 0 Å². The van der Waals surface area contributed by atoms with E-state index in [4.69, 9.17) is 9.47 Å². The highest BCUT2D eigenvalue weighted by molar-refractivity contribution is 4.68. The van der Waals surface area contributed by atoms with Crippen LogP contribution in [-0.4, -0.2) is 19.5 Å². The van der Waals surface area contributed by atoms with Crippen LogP contribution in [0.1, 0.15) is 39.5 Å². The van der Waals surface area contributed by atoms with E-state index in [1.54, 1.807) is 0 Å². The quantitative estimate of drug-likeness (QED) is 0.607. The van der Waals surface area contributed by atoms with Crippen LogP contribution in [0, 0.1) is 5.92 Å². The van der Waals surface area contributed by atoms with Crippen LogP contribution in [0.25, 0.3) is 0 Å². The monoisotopic (exact) mass is 172 g/mol. The van der Waals surface area contributed by atoms with Crippen molar-refractivity contribution in [1.29, 1.82) is 0 Å². The van der Waals surface area contributed by atoms with Crippen molar-refractivity contribution >= 4 is 0 Å². The van der Waals surface area contributed by atoms with Gasteiger partial charge in [0, 0.05) is 5.92 Å². The third kappa shape index (κ3) is 3.11. The highest BCUT2D eigenvalue weighted by Crippen LogP contribution is 2.20. The molecule has 72 valence electrons. The summed E-state index contributed by atoms with van der Waals surface area (Å²) < 4.78 is 10.7. The molecule has 2 nitrogen and oxygen atoms in total. The minimum atomic E-state index is 0.399. The molecule has 1 fully saturated rings. The van der Waals surface area contributed by atoms with Crippen LogP contribution in [0.4, 0.5) is 0 Å². The van der Waals surface area contributed by atoms with E-state index in [9.17, 15) is 0 Å². The molecule has 0 aromatic carbocycles. The zero-order valence-electron chi connectivity index (χ0n) is 8.21. The third-order valence-corrected chi connectivity index (χ3v) is 2.59. The minimum Gasteiger partial charge on any atom is -0.355 e. The smallest absolute Gasteiger partial charge is 0.147 e. The van der Waals surface area contributed by atoms with E-state index < -0.39 is 0 Å². The van der Waals surface area contributed by atoms with Crippen molar-refractivity contribution in [3.63, 3.8) is 0 Å². The van der Waals surface area contributed by atoms with Crippen LogP contribution in [0.5, 0.6) is 0 Å². The lowest BCUT2D eigenvalue weighted by molar-refractivity contribution is -0.165. The van der Waals surface area contributed by atoms with E-state index in [1.807, 2.05) is 0 Å². The summed E-state index contributed by atoms with van der Waals surface area (Å²) in [4.78, 5) is 0. The van der Waals surface area contributed by atoms with Gasteiger partial charge in [0.15, 0.2) is 0 Å². The number of unbranched alkanes of at least 4 members (excludes halogenated alkanes) is 2. The summed E-state index contributed by atoms with van der Waals surface area (Å²) in [7, 11) is 0. The van der Waals surface area contributed by atoms with Crippen LogP contribution < -0.4 is 0 Å². The van der Waals surface area contributed by atoms with Crippen LogP contribution in [0.2, 0.25) is 0 Å². The average molecular weight is 172 g/mol. The first-order valence-corrected chi connectivity index (χ1v) is 5.04. The number of hydrogen-bond donors (Lipinski definition) is 0. The number of hydrogen-bond acceptors (Lipinski definition) is 2. The van der Waals surface area contributed by atoms with Crippen molar-refractivity contribution in [2.24, 2.45) is 5.92 Å². The first kappa shape index (κ1) is 10.0. The van der Waals surface area contributed by atoms with Crippen LogP contribution in [-0.2, 0) is 9.47 Å². The van der Waals surface area contributed by atoms with Crippen molar-refractivity contribution in [3.05, 3.63) is 0 Å². The van der Waals surface area contributed by atoms with E-state index in [1.165, 1.54) is 25.7 Å². The molecule has 0 N–H and O–H groups in total. The fourth-order valence-corrected chi connectivity index (χ4v) is 1.60. The molecule has 1 rings (SSSR count). The molecule has 0 spiro atoms. The van der Waals surface area contributed by atoms with Gasteiger partial charge in [0.1, 0.15) is 6.79 Å². The van der Waals surface area contributed by atoms with Crippen molar-refractivity contribution in [3.8, 4) is 0 Å². The second kappa shape index (κ2) is 5.55. The first-order valence-electron chi connectivity index (χ1n) is 5.04. The van der Waals surface area contributed by atoms with Gasteiger partial charge in [-0.25, -0.2) is 0 Å². The molecular formula is C10H20O2. The van der Waals surface area contributed by atoms with Gasteiger partial charge in [-0.1, -0.05) is 26.2 Å². The highest BCUT2D eigenvalue weighted by atomic mass is 16.7. The van der Waals surface area contributed by atoms with Crippen molar-refractivity contribution in [2.45, 2.75) is 45.6 Å². The second-order valence-corrected chi connectivity index (χ2v) is 3.62. The molecular weight excluding hydrogens is 152 g/mol. The summed E-state index contributed by atoms with van der Waals surface area (Å²) in [6.07, 6.45) is 5.61. The summed E-state index contributed by atoms with van der Waals surface area (Å²) in [5.74, 6) is 0.630. The van der Waals surface area contributed by atoms with Gasteiger partial charge >= 0.3 is 0 Å². The molecule has 1 heterocycles. The van der Waals surface area contributed by atoms with E-state index >= 15 is 0 Å². The zero-order chi connectivity index (χ0) is 8.81. The van der Waals surface area contributed by atoms with Crippen molar-refractivity contribution < 1.29 is 9.47 Å². The van der Waals surface area contributed by atoms with Crippen LogP contribution in [0.15, 0.2) is 0 Å². The Morgan fingerprint density at radius 3 is 2.83 bits per heavy atom. The van der Waals surface area contributed by atoms with Gasteiger partial charge in [-0.2, -0.15) is 0 Å². The van der Waals surface area contributed by atoms with Crippen LogP contribution >= 0.6 is 0 Å². The summed E-state index contributed by atoms with van der Waals surface area (Å²) in [6.45, 7) is 5.77. The Morgan fingerprint density at radius 2 is 2.17 bits per heavy atom. The molecule has 2 unspecified atom stereocenters. The summed E-state index contributed by atoms with van der Waals surface area (Å²) in [6, 6.07) is 0. The SMILES string of the molecule is CCCCCC1COCOC1C. The normalized spacial score (nSPS) is 30.5. The molecule has 0 saturated carbocycles. The molecule has 0 aliphatic carbocycles. The lowest BCUT2D eigenvalue weighted by Crippen LogP contribution is -2.31. The fourth-order valence-electron chi connectivity index (χ4n) is 1.60.